The number of aliphatic hydroxyl groups excluding tert-OH is 2. The monoisotopic (exact) mass is 404 g/mol. The Kier molecular flexibility index (Phi) is 21.6. The van der Waals surface area contributed by atoms with Crippen molar-refractivity contribution in [3.05, 3.63) is 0 Å². The highest BCUT2D eigenvalue weighted by molar-refractivity contribution is 5.86. The zero-order chi connectivity index (χ0) is 13.7. The molecule has 0 bridgehead atoms. The molecule has 22 heavy (non-hydrogen) atoms. The van der Waals surface area contributed by atoms with E-state index in [1.54, 1.807) is 0 Å². The van der Waals surface area contributed by atoms with Gasteiger partial charge in [0.05, 0.1) is 12.2 Å². The van der Waals surface area contributed by atoms with E-state index in [-0.39, 0.29) is 73.9 Å². The third-order valence-electron chi connectivity index (χ3n) is 3.68. The van der Waals surface area contributed by atoms with Gasteiger partial charge in [-0.05, 0) is 28.2 Å². The fraction of sp³-hybridized carbons (Fsp3) is 1.00. The molecule has 10 heteroatoms. The molecule has 0 aromatic carbocycles. The van der Waals surface area contributed by atoms with Gasteiger partial charge in [0.15, 0.2) is 0 Å². The molecule has 0 amide bonds. The highest BCUT2D eigenvalue weighted by Crippen LogP contribution is 2.06. The number of rotatable bonds is 2. The number of likely N-dealkylation sites (N-methyl/N-ethyl adjacent to an activating group) is 4. The SMILES string of the molecule is CN[C@@H]1CN(C)C[C@H]1O.CN[C@H]1CN(C)C[C@@H]1O.Cl.Cl.Cl.Cl. The van der Waals surface area contributed by atoms with Crippen LogP contribution in [0.1, 0.15) is 0 Å². The summed E-state index contributed by atoms with van der Waals surface area (Å²) < 4.78 is 0. The number of hydrogen-bond acceptors (Lipinski definition) is 6. The molecule has 2 aliphatic rings. The maximum Gasteiger partial charge on any atom is 0.0832 e. The molecule has 0 spiro atoms. The maximum absolute atomic E-state index is 9.26. The topological polar surface area (TPSA) is 71.0 Å². The van der Waals surface area contributed by atoms with Crippen LogP contribution >= 0.6 is 49.6 Å². The number of β-amino-alcohol motifs (C(OH)–C–C–N with tert-alkyl or cyclic N) is 2. The average Bonchev–Trinajstić information content (AvgIpc) is 2.81. The molecule has 2 saturated heterocycles. The quantitative estimate of drug-likeness (QED) is 0.494. The van der Waals surface area contributed by atoms with Crippen LogP contribution in [0.3, 0.4) is 0 Å². The molecule has 2 heterocycles. The summed E-state index contributed by atoms with van der Waals surface area (Å²) >= 11 is 0. The molecule has 0 aromatic heterocycles. The first-order chi connectivity index (χ1) is 8.47. The molecule has 0 unspecified atom stereocenters. The number of aliphatic hydroxyl groups is 2. The second-order valence-electron chi connectivity index (χ2n) is 5.37. The molecule has 6 nitrogen and oxygen atoms in total. The molecule has 0 saturated carbocycles. The minimum atomic E-state index is -0.181. The fourth-order valence-electron chi connectivity index (χ4n) is 2.52. The molecule has 4 N–H and O–H groups in total. The molecular weight excluding hydrogens is 374 g/mol. The van der Waals surface area contributed by atoms with Crippen molar-refractivity contribution in [2.75, 3.05) is 54.4 Å². The second kappa shape index (κ2) is 15.4. The van der Waals surface area contributed by atoms with Crippen LogP contribution in [0, 0.1) is 0 Å². The summed E-state index contributed by atoms with van der Waals surface area (Å²) in [5, 5.41) is 24.6. The Bertz CT molecular complexity index is 233. The Labute approximate surface area is 159 Å². The first-order valence-electron chi connectivity index (χ1n) is 6.55. The summed E-state index contributed by atoms with van der Waals surface area (Å²) in [7, 11) is 7.79. The highest BCUT2D eigenvalue weighted by Gasteiger charge is 2.27. The molecular formula is C12H32Cl4N4O2. The number of nitrogens with zero attached hydrogens (tertiary/aromatic N) is 2. The van der Waals surface area contributed by atoms with Crippen molar-refractivity contribution >= 4 is 49.6 Å². The van der Waals surface area contributed by atoms with Gasteiger partial charge in [-0.2, -0.15) is 0 Å². The van der Waals surface area contributed by atoms with Crippen LogP contribution < -0.4 is 10.6 Å². The van der Waals surface area contributed by atoms with Crippen LogP contribution in [0.25, 0.3) is 0 Å². The Morgan fingerprint density at radius 3 is 1.05 bits per heavy atom. The number of nitrogens with one attached hydrogen (secondary N) is 2. The van der Waals surface area contributed by atoms with Crippen LogP contribution in [0.2, 0.25) is 0 Å². The second-order valence-corrected chi connectivity index (χ2v) is 5.37. The van der Waals surface area contributed by atoms with Gasteiger partial charge in [-0.3, -0.25) is 0 Å². The van der Waals surface area contributed by atoms with Crippen LogP contribution in [0.15, 0.2) is 0 Å². The van der Waals surface area contributed by atoms with E-state index < -0.39 is 0 Å². The van der Waals surface area contributed by atoms with Crippen LogP contribution in [0.4, 0.5) is 0 Å². The van der Waals surface area contributed by atoms with Crippen molar-refractivity contribution < 1.29 is 10.2 Å². The number of halogens is 4. The Morgan fingerprint density at radius 1 is 0.682 bits per heavy atom. The molecule has 0 radical (unpaired) electrons. The Morgan fingerprint density at radius 2 is 0.955 bits per heavy atom. The lowest BCUT2D eigenvalue weighted by Gasteiger charge is -2.10. The zero-order valence-electron chi connectivity index (χ0n) is 13.6. The van der Waals surface area contributed by atoms with E-state index in [1.165, 1.54) is 0 Å². The molecule has 2 rings (SSSR count). The lowest BCUT2D eigenvalue weighted by molar-refractivity contribution is 0.160. The van der Waals surface area contributed by atoms with Crippen LogP contribution in [-0.4, -0.2) is 98.7 Å². The maximum atomic E-state index is 9.26. The van der Waals surface area contributed by atoms with Crippen molar-refractivity contribution in [2.24, 2.45) is 0 Å². The van der Waals surface area contributed by atoms with E-state index in [4.69, 9.17) is 0 Å². The fourth-order valence-corrected chi connectivity index (χ4v) is 2.52. The van der Waals surface area contributed by atoms with Gasteiger partial charge in [-0.15, -0.1) is 49.6 Å². The van der Waals surface area contributed by atoms with Crippen LogP contribution in [0.5, 0.6) is 0 Å². The Balaban J connectivity index is -0.000000125. The molecule has 140 valence electrons. The van der Waals surface area contributed by atoms with E-state index >= 15 is 0 Å². The van der Waals surface area contributed by atoms with Gasteiger partial charge in [-0.1, -0.05) is 0 Å². The van der Waals surface area contributed by atoms with Crippen LogP contribution in [-0.2, 0) is 0 Å². The largest absolute Gasteiger partial charge is 0.390 e. The predicted molar refractivity (Wildman–Crippen MR) is 102 cm³/mol. The highest BCUT2D eigenvalue weighted by atomic mass is 35.5. The lowest BCUT2D eigenvalue weighted by Crippen LogP contribution is -2.36. The van der Waals surface area contributed by atoms with Gasteiger partial charge in [0, 0.05) is 38.3 Å². The molecule has 2 aliphatic heterocycles. The predicted octanol–water partition coefficient (Wildman–Crippen LogP) is -0.551. The summed E-state index contributed by atoms with van der Waals surface area (Å²) in [6, 6.07) is 0.546. The number of hydrogen-bond donors (Lipinski definition) is 4. The third kappa shape index (κ3) is 9.93. The van der Waals surface area contributed by atoms with Gasteiger partial charge in [0.1, 0.15) is 0 Å². The average molecular weight is 406 g/mol. The normalized spacial score (nSPS) is 30.8. The summed E-state index contributed by atoms with van der Waals surface area (Å²) in [6.45, 7) is 3.51. The summed E-state index contributed by atoms with van der Waals surface area (Å²) in [5.41, 5.74) is 0. The van der Waals surface area contributed by atoms with E-state index in [2.05, 4.69) is 20.4 Å². The molecule has 0 aliphatic carbocycles. The minimum absolute atomic E-state index is 0. The van der Waals surface area contributed by atoms with Crippen molar-refractivity contribution in [3.63, 3.8) is 0 Å². The minimum Gasteiger partial charge on any atom is -0.390 e. The van der Waals surface area contributed by atoms with Crippen molar-refractivity contribution in [1.82, 2.24) is 20.4 Å². The number of likely N-dealkylation sites (tertiary alicyclic amines) is 2. The standard InChI is InChI=1S/2C6H14N2O.4ClH/c2*1-7-5-3-8(2)4-6(5)9;;;;/h2*5-7,9H,3-4H2,1-2H3;4*1H/t2*5-,6-;;;;/m10..../s1. The molecule has 0 aromatic rings. The Hall–Kier alpha value is 0.920. The summed E-state index contributed by atoms with van der Waals surface area (Å²) in [4.78, 5) is 4.23. The molecule has 2 fully saturated rings. The first-order valence-corrected chi connectivity index (χ1v) is 6.55. The van der Waals surface area contributed by atoms with E-state index in [1.807, 2.05) is 28.2 Å². The van der Waals surface area contributed by atoms with Crippen molar-refractivity contribution in [2.45, 2.75) is 24.3 Å². The first kappa shape index (κ1) is 30.8. The van der Waals surface area contributed by atoms with E-state index in [0.29, 0.717) is 0 Å². The summed E-state index contributed by atoms with van der Waals surface area (Å²) in [6.07, 6.45) is -0.361. The summed E-state index contributed by atoms with van der Waals surface area (Å²) in [5.74, 6) is 0. The van der Waals surface area contributed by atoms with Gasteiger partial charge in [0.2, 0.25) is 0 Å². The van der Waals surface area contributed by atoms with Gasteiger partial charge >= 0.3 is 0 Å². The smallest absolute Gasteiger partial charge is 0.0832 e. The molecule has 4 atom stereocenters. The van der Waals surface area contributed by atoms with Crippen molar-refractivity contribution in [3.8, 4) is 0 Å². The van der Waals surface area contributed by atoms with Crippen molar-refractivity contribution in [1.29, 1.82) is 0 Å². The van der Waals surface area contributed by atoms with Gasteiger partial charge in [-0.25, -0.2) is 0 Å². The van der Waals surface area contributed by atoms with Gasteiger partial charge < -0.3 is 30.6 Å². The third-order valence-corrected chi connectivity index (χ3v) is 3.68. The zero-order valence-corrected chi connectivity index (χ0v) is 16.8. The lowest BCUT2D eigenvalue weighted by atomic mass is 10.2. The van der Waals surface area contributed by atoms with Gasteiger partial charge in [0.25, 0.3) is 0 Å². The van der Waals surface area contributed by atoms with E-state index in [9.17, 15) is 10.2 Å². The van der Waals surface area contributed by atoms with E-state index in [0.717, 1.165) is 26.2 Å².